The summed E-state index contributed by atoms with van der Waals surface area (Å²) in [5.41, 5.74) is 7.74. The first-order valence-electron chi connectivity index (χ1n) is 8.93. The maximum absolute atomic E-state index is 5.96. The van der Waals surface area contributed by atoms with Crippen molar-refractivity contribution in [2.75, 3.05) is 18.1 Å². The van der Waals surface area contributed by atoms with Crippen LogP contribution in [0.15, 0.2) is 78.4 Å². The molecule has 2 nitrogen and oxygen atoms in total. The van der Waals surface area contributed by atoms with E-state index in [1.54, 1.807) is 0 Å². The minimum atomic E-state index is -0.139. The van der Waals surface area contributed by atoms with Crippen LogP contribution in [0.2, 0.25) is 0 Å². The summed E-state index contributed by atoms with van der Waals surface area (Å²) in [6.45, 7) is 0.763. The smallest absolute Gasteiger partial charge is 0.295 e. The molecule has 5 rings (SSSR count). The maximum Gasteiger partial charge on any atom is 0.390 e. The van der Waals surface area contributed by atoms with Crippen LogP contribution in [0.1, 0.15) is 11.1 Å². The molecule has 128 valence electrons. The van der Waals surface area contributed by atoms with Crippen LogP contribution in [-0.2, 0) is 9.16 Å². The third kappa shape index (κ3) is 2.77. The first-order valence-corrected chi connectivity index (χ1v) is 10.1. The van der Waals surface area contributed by atoms with Crippen LogP contribution < -0.4 is 0 Å². The normalized spacial score (nSPS) is 20.9. The zero-order valence-corrected chi connectivity index (χ0v) is 15.2. The van der Waals surface area contributed by atoms with Gasteiger partial charge in [0.15, 0.2) is 0 Å². The Balaban J connectivity index is 1.54. The van der Waals surface area contributed by atoms with E-state index in [0.29, 0.717) is 0 Å². The van der Waals surface area contributed by atoms with Crippen molar-refractivity contribution in [2.45, 2.75) is 6.29 Å². The largest absolute Gasteiger partial charge is 0.390 e. The number of allylic oxidation sites excluding steroid dienone is 5. The molecule has 0 saturated carbocycles. The second-order valence-corrected chi connectivity index (χ2v) is 7.63. The van der Waals surface area contributed by atoms with Gasteiger partial charge in [-0.15, -0.1) is 11.8 Å². The van der Waals surface area contributed by atoms with Gasteiger partial charge in [-0.1, -0.05) is 48.5 Å². The van der Waals surface area contributed by atoms with E-state index in [1.165, 1.54) is 33.4 Å². The summed E-state index contributed by atoms with van der Waals surface area (Å²) in [5.74, 6) is 2.80. The van der Waals surface area contributed by atoms with Gasteiger partial charge >= 0.3 is 12.1 Å². The predicted octanol–water partition coefficient (Wildman–Crippen LogP) is 4.79. The summed E-state index contributed by atoms with van der Waals surface area (Å²) >= 11 is 1.88. The fourth-order valence-electron chi connectivity index (χ4n) is 3.71. The Morgan fingerprint density at radius 2 is 1.42 bits per heavy atom. The topological polar surface area (TPSA) is 20.5 Å². The lowest BCUT2D eigenvalue weighted by Gasteiger charge is -2.11. The van der Waals surface area contributed by atoms with Crippen molar-refractivity contribution in [3.05, 3.63) is 89.5 Å². The number of hydrogen-bond acceptors (Lipinski definition) is 2. The van der Waals surface area contributed by atoms with Crippen molar-refractivity contribution in [2.24, 2.45) is 0 Å². The van der Waals surface area contributed by atoms with Crippen molar-refractivity contribution in [3.63, 3.8) is 0 Å². The fourth-order valence-corrected chi connectivity index (χ4v) is 4.45. The highest BCUT2D eigenvalue weighted by atomic mass is 32.2. The zero-order chi connectivity index (χ0) is 17.3. The summed E-state index contributed by atoms with van der Waals surface area (Å²) in [6, 6.07) is 17.3. The molecule has 2 aliphatic carbocycles. The Morgan fingerprint density at radius 1 is 0.808 bits per heavy atom. The molecule has 0 aromatic heterocycles. The highest BCUT2D eigenvalue weighted by molar-refractivity contribution is 7.99. The second-order valence-electron chi connectivity index (χ2n) is 6.48. The third-order valence-corrected chi connectivity index (χ3v) is 5.84. The van der Waals surface area contributed by atoms with Crippen LogP contribution in [-0.4, -0.2) is 30.2 Å². The van der Waals surface area contributed by atoms with E-state index in [9.17, 15) is 0 Å². The number of rotatable bonds is 1. The van der Waals surface area contributed by atoms with Gasteiger partial charge < -0.3 is 0 Å². The zero-order valence-electron chi connectivity index (χ0n) is 14.4. The minimum Gasteiger partial charge on any atom is -0.295 e. The lowest BCUT2D eigenvalue weighted by molar-refractivity contribution is -0.553. The van der Waals surface area contributed by atoms with Crippen LogP contribution in [0.5, 0.6) is 0 Å². The van der Waals surface area contributed by atoms with Gasteiger partial charge in [0.1, 0.15) is 5.75 Å². The predicted molar refractivity (Wildman–Crippen MR) is 108 cm³/mol. The highest BCUT2D eigenvalue weighted by Crippen LogP contribution is 2.45. The molecule has 0 N–H and O–H groups in total. The molecule has 0 spiro atoms. The highest BCUT2D eigenvalue weighted by Gasteiger charge is 2.27. The first kappa shape index (κ1) is 15.9. The van der Waals surface area contributed by atoms with Gasteiger partial charge in [0.2, 0.25) is 0 Å². The van der Waals surface area contributed by atoms with Crippen molar-refractivity contribution in [3.8, 4) is 11.1 Å². The van der Waals surface area contributed by atoms with Crippen LogP contribution in [0.4, 0.5) is 0 Å². The Hall–Kier alpha value is -2.36. The molecule has 1 atom stereocenters. The molecule has 3 aliphatic rings. The molecule has 3 heteroatoms. The average Bonchev–Trinajstić information content (AvgIpc) is 3.04. The molecule has 1 aliphatic heterocycles. The molecule has 0 radical (unpaired) electrons. The average molecular weight is 359 g/mol. The number of fused-ring (bicyclic) bond motifs is 3. The quantitative estimate of drug-likeness (QED) is 0.582. The van der Waals surface area contributed by atoms with E-state index in [4.69, 9.17) is 9.16 Å². The second kappa shape index (κ2) is 6.75. The minimum absolute atomic E-state index is 0.139. The standard InChI is InChI=1S/C23H19O2S/c1-3-7-20-18(5-1)19-6-2-4-8-21(19)23(20)16-9-11-17(12-10-16)25-22-15-26-14-13-24-22/h1-12,22H,13-15H2/q+1. The van der Waals surface area contributed by atoms with Crippen molar-refractivity contribution in [1.82, 2.24) is 0 Å². The number of carbonyl (C=O) groups excluding carboxylic acids is 1. The molecule has 2 aromatic carbocycles. The molecule has 0 bridgehead atoms. The summed E-state index contributed by atoms with van der Waals surface area (Å²) < 4.78 is 11.6. The Morgan fingerprint density at radius 3 is 2.00 bits per heavy atom. The summed E-state index contributed by atoms with van der Waals surface area (Å²) in [7, 11) is 0. The molecule has 26 heavy (non-hydrogen) atoms. The molecule has 1 fully saturated rings. The monoisotopic (exact) mass is 359 g/mol. The lowest BCUT2D eigenvalue weighted by Crippen LogP contribution is -2.25. The number of thioether (sulfide) groups is 1. The van der Waals surface area contributed by atoms with Gasteiger partial charge in [-0.25, -0.2) is 4.42 Å². The summed E-state index contributed by atoms with van der Waals surface area (Å²) in [4.78, 5) is 0. The lowest BCUT2D eigenvalue weighted by atomic mass is 9.95. The van der Waals surface area contributed by atoms with Crippen LogP contribution in [0.3, 0.4) is 0 Å². The van der Waals surface area contributed by atoms with E-state index >= 15 is 0 Å². The molecular weight excluding hydrogens is 340 g/mol. The molecule has 0 amide bonds. The maximum atomic E-state index is 5.96. The summed E-state index contributed by atoms with van der Waals surface area (Å²) in [6.07, 6.45) is 8.27. The molecular formula is C23H19O2S+. The van der Waals surface area contributed by atoms with Crippen molar-refractivity contribution >= 4 is 23.1 Å². The van der Waals surface area contributed by atoms with Crippen LogP contribution in [0, 0.1) is 0 Å². The van der Waals surface area contributed by atoms with Gasteiger partial charge in [0.05, 0.1) is 6.61 Å². The van der Waals surface area contributed by atoms with Crippen molar-refractivity contribution < 1.29 is 9.16 Å². The SMILES string of the molecule is C1=CC(=C2c3ccccc3-c3ccccc32)C=CC1=[O+]C1CSCCO1. The first-order chi connectivity index (χ1) is 12.9. The third-order valence-electron chi connectivity index (χ3n) is 4.88. The van der Waals surface area contributed by atoms with Crippen LogP contribution in [0.25, 0.3) is 16.7 Å². The number of hydrogen-bond donors (Lipinski definition) is 0. The number of ether oxygens (including phenoxy) is 1. The molecule has 1 heterocycles. The van der Waals surface area contributed by atoms with Crippen LogP contribution >= 0.6 is 11.8 Å². The Kier molecular flexibility index (Phi) is 4.12. The van der Waals surface area contributed by atoms with Gasteiger partial charge in [0, 0.05) is 17.9 Å². The van der Waals surface area contributed by atoms with E-state index < -0.39 is 0 Å². The van der Waals surface area contributed by atoms with Gasteiger partial charge in [-0.2, -0.15) is 0 Å². The van der Waals surface area contributed by atoms with Gasteiger partial charge in [0.25, 0.3) is 0 Å². The van der Waals surface area contributed by atoms with E-state index in [1.807, 2.05) is 11.8 Å². The fraction of sp³-hybridized carbons (Fsp3) is 0.174. The number of ketones is 1. The molecule has 1 unspecified atom stereocenters. The Labute approximate surface area is 157 Å². The molecule has 1 saturated heterocycles. The number of benzene rings is 2. The van der Waals surface area contributed by atoms with Crippen molar-refractivity contribution in [1.29, 1.82) is 0 Å². The Bertz CT molecular complexity index is 910. The van der Waals surface area contributed by atoms with E-state index in [2.05, 4.69) is 72.8 Å². The van der Waals surface area contributed by atoms with E-state index in [0.717, 1.165) is 23.9 Å². The van der Waals surface area contributed by atoms with Gasteiger partial charge in [-0.05, 0) is 45.6 Å². The molecule has 2 aromatic rings. The summed E-state index contributed by atoms with van der Waals surface area (Å²) in [5, 5.41) is 0. The van der Waals surface area contributed by atoms with E-state index in [-0.39, 0.29) is 6.29 Å². The van der Waals surface area contributed by atoms with Gasteiger partial charge in [-0.3, -0.25) is 4.74 Å².